The number of rotatable bonds is 6. The number of carbonyl (C=O) groups excluding carboxylic acids is 3. The Hall–Kier alpha value is -2.64. The number of benzene rings is 1. The Labute approximate surface area is 186 Å². The molecule has 1 atom stereocenters. The SMILES string of the molecule is CC(C)CN1C(=O)[C@@](NC(=O)CCc2ccccc2)(C(F)(F)F)C2=C1CC(C)(C)CC2=O. The molecule has 0 radical (unpaired) electrons. The molecule has 1 aromatic carbocycles. The van der Waals surface area contributed by atoms with Gasteiger partial charge in [0.15, 0.2) is 5.78 Å². The molecule has 0 fully saturated rings. The molecule has 32 heavy (non-hydrogen) atoms. The van der Waals surface area contributed by atoms with Crippen molar-refractivity contribution >= 4 is 17.6 Å². The minimum absolute atomic E-state index is 0.0404. The lowest BCUT2D eigenvalue weighted by Gasteiger charge is -2.35. The Bertz CT molecular complexity index is 951. The fourth-order valence-corrected chi connectivity index (χ4v) is 4.56. The first-order valence-corrected chi connectivity index (χ1v) is 10.8. The van der Waals surface area contributed by atoms with Crippen molar-refractivity contribution < 1.29 is 27.6 Å². The molecule has 0 bridgehead atoms. The molecule has 1 heterocycles. The lowest BCUT2D eigenvalue weighted by Crippen LogP contribution is -2.66. The molecule has 5 nitrogen and oxygen atoms in total. The van der Waals surface area contributed by atoms with Crippen molar-refractivity contribution in [2.75, 3.05) is 6.54 Å². The van der Waals surface area contributed by atoms with E-state index in [9.17, 15) is 27.6 Å². The van der Waals surface area contributed by atoms with Gasteiger partial charge in [-0.1, -0.05) is 58.0 Å². The van der Waals surface area contributed by atoms with E-state index in [0.29, 0.717) is 0 Å². The maximum absolute atomic E-state index is 14.6. The number of hydrogen-bond donors (Lipinski definition) is 1. The Morgan fingerprint density at radius 3 is 2.31 bits per heavy atom. The topological polar surface area (TPSA) is 66.5 Å². The fraction of sp³-hybridized carbons (Fsp3) is 0.542. The van der Waals surface area contributed by atoms with E-state index in [-0.39, 0.29) is 43.8 Å². The van der Waals surface area contributed by atoms with Crippen molar-refractivity contribution in [3.8, 4) is 0 Å². The number of nitrogens with zero attached hydrogens (tertiary/aromatic N) is 1. The second kappa shape index (κ2) is 8.37. The molecule has 8 heteroatoms. The van der Waals surface area contributed by atoms with E-state index in [1.807, 2.05) is 5.32 Å². The standard InChI is InChI=1S/C24H29F3N2O3/c1-15(2)14-29-17-12-22(3,4)13-18(30)20(17)23(21(29)32,24(25,26)27)28-19(31)11-10-16-8-6-5-7-9-16/h5-9,15H,10-14H2,1-4H3,(H,28,31)/t23-/m1/s1. The van der Waals surface area contributed by atoms with Gasteiger partial charge in [-0.25, -0.2) is 0 Å². The predicted octanol–water partition coefficient (Wildman–Crippen LogP) is 4.18. The van der Waals surface area contributed by atoms with Crippen molar-refractivity contribution in [1.82, 2.24) is 10.2 Å². The Kier molecular flexibility index (Phi) is 6.28. The van der Waals surface area contributed by atoms with Crippen LogP contribution in [0.15, 0.2) is 41.6 Å². The van der Waals surface area contributed by atoms with Crippen LogP contribution < -0.4 is 5.32 Å². The summed E-state index contributed by atoms with van der Waals surface area (Å²) in [5.74, 6) is -3.07. The molecule has 1 N–H and O–H groups in total. The first-order valence-electron chi connectivity index (χ1n) is 10.8. The van der Waals surface area contributed by atoms with Crippen molar-refractivity contribution in [2.45, 2.75) is 65.1 Å². The molecule has 1 aliphatic heterocycles. The van der Waals surface area contributed by atoms with Gasteiger partial charge in [0.05, 0.1) is 5.57 Å². The van der Waals surface area contributed by atoms with E-state index in [1.54, 1.807) is 58.0 Å². The molecule has 2 amide bonds. The Morgan fingerprint density at radius 2 is 1.75 bits per heavy atom. The predicted molar refractivity (Wildman–Crippen MR) is 113 cm³/mol. The van der Waals surface area contributed by atoms with Gasteiger partial charge in [0.25, 0.3) is 5.91 Å². The number of alkyl halides is 3. The average Bonchev–Trinajstić information content (AvgIpc) is 2.89. The van der Waals surface area contributed by atoms with Crippen LogP contribution in [0.5, 0.6) is 0 Å². The van der Waals surface area contributed by atoms with Crippen LogP contribution in [-0.4, -0.2) is 40.8 Å². The molecular formula is C24H29F3N2O3. The van der Waals surface area contributed by atoms with Crippen LogP contribution in [0.2, 0.25) is 0 Å². The highest BCUT2D eigenvalue weighted by Crippen LogP contribution is 2.51. The highest BCUT2D eigenvalue weighted by molar-refractivity contribution is 6.13. The lowest BCUT2D eigenvalue weighted by atomic mass is 9.72. The number of carbonyl (C=O) groups is 3. The zero-order chi connectivity index (χ0) is 23.9. The van der Waals surface area contributed by atoms with E-state index in [1.165, 1.54) is 0 Å². The van der Waals surface area contributed by atoms with Crippen LogP contribution in [0.4, 0.5) is 13.2 Å². The summed E-state index contributed by atoms with van der Waals surface area (Å²) in [6.07, 6.45) is -5.13. The van der Waals surface area contributed by atoms with Gasteiger partial charge in [0.2, 0.25) is 11.4 Å². The number of amides is 2. The monoisotopic (exact) mass is 450 g/mol. The van der Waals surface area contributed by atoms with Crippen molar-refractivity contribution in [3.63, 3.8) is 0 Å². The van der Waals surface area contributed by atoms with Crippen molar-refractivity contribution in [2.24, 2.45) is 11.3 Å². The van der Waals surface area contributed by atoms with Crippen LogP contribution in [0.25, 0.3) is 0 Å². The lowest BCUT2D eigenvalue weighted by molar-refractivity contribution is -0.194. The number of aryl methyl sites for hydroxylation is 1. The largest absolute Gasteiger partial charge is 0.425 e. The minimum Gasteiger partial charge on any atom is -0.330 e. The first kappa shape index (κ1) is 24.0. The third-order valence-electron chi connectivity index (χ3n) is 5.90. The van der Waals surface area contributed by atoms with Crippen LogP contribution in [-0.2, 0) is 20.8 Å². The molecular weight excluding hydrogens is 421 g/mol. The summed E-state index contributed by atoms with van der Waals surface area (Å²) < 4.78 is 43.8. The van der Waals surface area contributed by atoms with Crippen LogP contribution in [0.3, 0.4) is 0 Å². The molecule has 1 aliphatic carbocycles. The molecule has 0 saturated carbocycles. The van der Waals surface area contributed by atoms with Crippen molar-refractivity contribution in [3.05, 3.63) is 47.2 Å². The summed E-state index contributed by atoms with van der Waals surface area (Å²) in [6.45, 7) is 7.20. The summed E-state index contributed by atoms with van der Waals surface area (Å²) in [4.78, 5) is 40.1. The summed E-state index contributed by atoms with van der Waals surface area (Å²) in [5, 5.41) is 1.98. The second-order valence-electron chi connectivity index (χ2n) is 9.85. The zero-order valence-corrected chi connectivity index (χ0v) is 18.8. The van der Waals surface area contributed by atoms with E-state index >= 15 is 0 Å². The maximum Gasteiger partial charge on any atom is 0.425 e. The molecule has 0 saturated heterocycles. The third-order valence-corrected chi connectivity index (χ3v) is 5.90. The fourth-order valence-electron chi connectivity index (χ4n) is 4.56. The van der Waals surface area contributed by atoms with E-state index in [4.69, 9.17) is 0 Å². The van der Waals surface area contributed by atoms with Gasteiger partial charge in [-0.2, -0.15) is 13.2 Å². The average molecular weight is 451 g/mol. The molecule has 0 unspecified atom stereocenters. The maximum atomic E-state index is 14.6. The minimum atomic E-state index is -5.16. The highest BCUT2D eigenvalue weighted by Gasteiger charge is 2.71. The molecule has 174 valence electrons. The third kappa shape index (κ3) is 4.32. The normalized spacial score (nSPS) is 23.1. The number of halogens is 3. The summed E-state index contributed by atoms with van der Waals surface area (Å²) in [5.41, 5.74) is -3.64. The van der Waals surface area contributed by atoms with Gasteiger partial charge >= 0.3 is 6.18 Å². The summed E-state index contributed by atoms with van der Waals surface area (Å²) in [7, 11) is 0. The zero-order valence-electron chi connectivity index (χ0n) is 18.8. The Morgan fingerprint density at radius 1 is 1.12 bits per heavy atom. The second-order valence-corrected chi connectivity index (χ2v) is 9.85. The number of hydrogen-bond acceptors (Lipinski definition) is 3. The number of ketones is 1. The van der Waals surface area contributed by atoms with Gasteiger partial charge in [-0.3, -0.25) is 14.4 Å². The Balaban J connectivity index is 2.02. The van der Waals surface area contributed by atoms with Crippen LogP contribution in [0, 0.1) is 11.3 Å². The van der Waals surface area contributed by atoms with Gasteiger partial charge < -0.3 is 10.2 Å². The number of Topliss-reactive ketones (excluding diaryl/α,β-unsaturated/α-hetero) is 1. The smallest absolute Gasteiger partial charge is 0.330 e. The summed E-state index contributed by atoms with van der Waals surface area (Å²) in [6, 6.07) is 8.88. The van der Waals surface area contributed by atoms with Crippen molar-refractivity contribution in [1.29, 1.82) is 0 Å². The number of allylic oxidation sites excluding steroid dienone is 1. The highest BCUT2D eigenvalue weighted by atomic mass is 19.4. The van der Waals surface area contributed by atoms with Gasteiger partial charge in [-0.05, 0) is 29.7 Å². The molecule has 0 spiro atoms. The van der Waals surface area contributed by atoms with Crippen LogP contribution in [0.1, 0.15) is 52.5 Å². The van der Waals surface area contributed by atoms with E-state index in [0.717, 1.165) is 10.5 Å². The first-order chi connectivity index (χ1) is 14.8. The van der Waals surface area contributed by atoms with E-state index in [2.05, 4.69) is 0 Å². The van der Waals surface area contributed by atoms with Gasteiger partial charge in [0.1, 0.15) is 0 Å². The quantitative estimate of drug-likeness (QED) is 0.707. The summed E-state index contributed by atoms with van der Waals surface area (Å²) >= 11 is 0. The van der Waals surface area contributed by atoms with Gasteiger partial charge in [-0.15, -0.1) is 0 Å². The molecule has 0 aromatic heterocycles. The van der Waals surface area contributed by atoms with E-state index < -0.39 is 40.3 Å². The van der Waals surface area contributed by atoms with Crippen LogP contribution >= 0.6 is 0 Å². The number of nitrogens with one attached hydrogen (secondary N) is 1. The molecule has 1 aromatic rings. The molecule has 3 rings (SSSR count). The van der Waals surface area contributed by atoms with Gasteiger partial charge in [0, 0.05) is 25.1 Å². The molecule has 2 aliphatic rings.